The maximum atomic E-state index is 14.4. The van der Waals surface area contributed by atoms with Gasteiger partial charge in [0.2, 0.25) is 0 Å². The van der Waals surface area contributed by atoms with Gasteiger partial charge in [-0.15, -0.1) is 0 Å². The third-order valence-corrected chi connectivity index (χ3v) is 10.0. The fourth-order valence-electron chi connectivity index (χ4n) is 7.90. The Bertz CT molecular complexity index is 1410. The number of esters is 1. The van der Waals surface area contributed by atoms with Crippen molar-refractivity contribution in [2.24, 2.45) is 34.5 Å². The molecule has 10 heteroatoms. The van der Waals surface area contributed by atoms with E-state index in [-0.39, 0.29) is 24.2 Å². The zero-order valence-corrected chi connectivity index (χ0v) is 24.0. The van der Waals surface area contributed by atoms with Crippen LogP contribution >= 0.6 is 0 Å². The molecule has 0 amide bonds. The Labute approximate surface area is 237 Å². The number of ketones is 5. The highest BCUT2D eigenvalue weighted by Gasteiger charge is 2.80. The molecule has 3 N–H and O–H groups in total. The fraction of sp³-hybridized carbons (Fsp3) is 0.548. The largest absolute Gasteiger partial charge is 0.507 e. The van der Waals surface area contributed by atoms with E-state index in [1.807, 2.05) is 0 Å². The van der Waals surface area contributed by atoms with E-state index >= 15 is 0 Å². The van der Waals surface area contributed by atoms with Crippen LogP contribution in [0.2, 0.25) is 0 Å². The monoisotopic (exact) mass is 568 g/mol. The summed E-state index contributed by atoms with van der Waals surface area (Å²) >= 11 is 0. The Balaban J connectivity index is 1.96. The van der Waals surface area contributed by atoms with Gasteiger partial charge in [-0.05, 0) is 24.3 Å². The van der Waals surface area contributed by atoms with E-state index in [2.05, 4.69) is 6.58 Å². The van der Waals surface area contributed by atoms with Crippen molar-refractivity contribution in [2.75, 3.05) is 6.61 Å². The minimum Gasteiger partial charge on any atom is -0.507 e. The number of Topliss-reactive ketones (excluding diaryl/α,β-unsaturated/α-hetero) is 5. The van der Waals surface area contributed by atoms with Gasteiger partial charge in [-0.1, -0.05) is 59.4 Å². The summed E-state index contributed by atoms with van der Waals surface area (Å²) in [6.45, 7) is 12.1. The summed E-state index contributed by atoms with van der Waals surface area (Å²) in [6.07, 6.45) is -0.749. The van der Waals surface area contributed by atoms with Gasteiger partial charge >= 0.3 is 5.97 Å². The first-order valence-electron chi connectivity index (χ1n) is 13.6. The molecule has 2 fully saturated rings. The summed E-state index contributed by atoms with van der Waals surface area (Å²) in [5.74, 6) is -12.8. The lowest BCUT2D eigenvalue weighted by atomic mass is 9.37. The van der Waals surface area contributed by atoms with Crippen molar-refractivity contribution in [3.63, 3.8) is 0 Å². The normalized spacial score (nSPS) is 36.4. The van der Waals surface area contributed by atoms with Crippen molar-refractivity contribution in [2.45, 2.75) is 65.6 Å². The minimum atomic E-state index is -3.04. The molecule has 1 aromatic carbocycles. The van der Waals surface area contributed by atoms with Crippen LogP contribution in [0.1, 0.15) is 68.9 Å². The van der Waals surface area contributed by atoms with Gasteiger partial charge in [0.1, 0.15) is 24.1 Å². The van der Waals surface area contributed by atoms with Crippen LogP contribution in [0.5, 0.6) is 5.75 Å². The number of carbonyl (C=O) groups is 6. The molecule has 0 saturated heterocycles. The number of hydrogen-bond donors (Lipinski definition) is 3. The molecule has 3 unspecified atom stereocenters. The maximum Gasteiger partial charge on any atom is 0.310 e. The lowest BCUT2D eigenvalue weighted by molar-refractivity contribution is -0.240. The molecule has 0 bridgehead atoms. The highest BCUT2D eigenvalue weighted by molar-refractivity contribution is 6.33. The Hall–Kier alpha value is -3.50. The Morgan fingerprint density at radius 1 is 1.12 bits per heavy atom. The second-order valence-electron chi connectivity index (χ2n) is 12.4. The number of aliphatic hydroxyl groups is 2. The predicted molar refractivity (Wildman–Crippen MR) is 144 cm³/mol. The molecular weight excluding hydrogens is 532 g/mol. The van der Waals surface area contributed by atoms with Crippen LogP contribution in [0.3, 0.4) is 0 Å². The molecule has 1 aromatic rings. The van der Waals surface area contributed by atoms with Crippen LogP contribution < -0.4 is 0 Å². The average molecular weight is 569 g/mol. The summed E-state index contributed by atoms with van der Waals surface area (Å²) < 4.78 is 4.97. The maximum absolute atomic E-state index is 14.4. The molecule has 41 heavy (non-hydrogen) atoms. The highest BCUT2D eigenvalue weighted by Crippen LogP contribution is 2.66. The van der Waals surface area contributed by atoms with Crippen molar-refractivity contribution in [1.29, 1.82) is 0 Å². The number of aliphatic hydroxyl groups excluding tert-OH is 1. The van der Waals surface area contributed by atoms with Crippen LogP contribution in [0.4, 0.5) is 0 Å². The SMILES string of the molecule is C=CCOC(=O)Cc1ccc2c(c1O)C(=O)C1C(=O)[C@@]3(O)C(=O)C(C(C)=O)C(=O)C(C(C)C)[C@@]3(C)[C@H](O)[C@@]1(C)[C@@H]2C. The van der Waals surface area contributed by atoms with E-state index in [1.165, 1.54) is 32.1 Å². The number of hydrogen-bond acceptors (Lipinski definition) is 10. The molecule has 4 rings (SSSR count). The van der Waals surface area contributed by atoms with E-state index in [0.717, 1.165) is 6.92 Å². The van der Waals surface area contributed by atoms with Crippen LogP contribution in [0.15, 0.2) is 24.8 Å². The number of phenols is 1. The van der Waals surface area contributed by atoms with Crippen molar-refractivity contribution < 1.29 is 48.8 Å². The van der Waals surface area contributed by atoms with E-state index in [9.17, 15) is 44.1 Å². The average Bonchev–Trinajstić information content (AvgIpc) is 2.88. The van der Waals surface area contributed by atoms with Gasteiger partial charge in [0.05, 0.1) is 24.0 Å². The highest BCUT2D eigenvalue weighted by atomic mass is 16.5. The van der Waals surface area contributed by atoms with Gasteiger partial charge in [0.15, 0.2) is 28.7 Å². The van der Waals surface area contributed by atoms with Gasteiger partial charge < -0.3 is 20.1 Å². The Morgan fingerprint density at radius 2 is 1.73 bits per heavy atom. The van der Waals surface area contributed by atoms with Crippen molar-refractivity contribution in [3.8, 4) is 5.75 Å². The predicted octanol–water partition coefficient (Wildman–Crippen LogP) is 1.90. The molecule has 3 aliphatic carbocycles. The van der Waals surface area contributed by atoms with Crippen molar-refractivity contribution in [3.05, 3.63) is 41.5 Å². The molecular formula is C31H36O10. The van der Waals surface area contributed by atoms with E-state index in [4.69, 9.17) is 4.74 Å². The summed E-state index contributed by atoms with van der Waals surface area (Å²) in [5, 5.41) is 35.4. The fourth-order valence-corrected chi connectivity index (χ4v) is 7.90. The smallest absolute Gasteiger partial charge is 0.310 e. The molecule has 8 atom stereocenters. The summed E-state index contributed by atoms with van der Waals surface area (Å²) in [4.78, 5) is 80.6. The molecule has 0 aromatic heterocycles. The first-order valence-corrected chi connectivity index (χ1v) is 13.6. The Kier molecular flexibility index (Phi) is 7.28. The van der Waals surface area contributed by atoms with Crippen LogP contribution in [-0.2, 0) is 35.1 Å². The molecule has 0 radical (unpaired) electrons. The molecule has 0 heterocycles. The second-order valence-corrected chi connectivity index (χ2v) is 12.4. The van der Waals surface area contributed by atoms with Gasteiger partial charge in [-0.2, -0.15) is 0 Å². The van der Waals surface area contributed by atoms with E-state index < -0.39 is 92.8 Å². The third kappa shape index (κ3) is 3.69. The van der Waals surface area contributed by atoms with Crippen LogP contribution in [0, 0.1) is 34.5 Å². The van der Waals surface area contributed by atoms with E-state index in [0.29, 0.717) is 5.56 Å². The second kappa shape index (κ2) is 9.80. The molecule has 2 saturated carbocycles. The van der Waals surface area contributed by atoms with Crippen LogP contribution in [-0.4, -0.2) is 68.5 Å². The number of carbonyl (C=O) groups excluding carboxylic acids is 6. The van der Waals surface area contributed by atoms with Gasteiger partial charge in [0.25, 0.3) is 0 Å². The molecule has 0 aliphatic heterocycles. The summed E-state index contributed by atoms with van der Waals surface area (Å²) in [6, 6.07) is 2.98. The standard InChI is InChI=1S/C31H36O10/c1-8-11-41-18(33)12-16-9-10-17-14(4)29(6)22(25(36)20(17)23(16)34)27(38)31(40)26(37)19(15(5)32)24(35)21(13(2)3)30(31,7)28(29)39/h8-10,13-14,19,21-22,28,34,39-40H,1,11-12H2,2-7H3/t14-,19?,21?,22?,28-,29+,30+,31+/m1/s1. The van der Waals surface area contributed by atoms with Gasteiger partial charge in [-0.25, -0.2) is 0 Å². The van der Waals surface area contributed by atoms with Crippen molar-refractivity contribution >= 4 is 34.9 Å². The van der Waals surface area contributed by atoms with Gasteiger partial charge in [0, 0.05) is 22.3 Å². The minimum absolute atomic E-state index is 0.0557. The Morgan fingerprint density at radius 3 is 2.27 bits per heavy atom. The first kappa shape index (κ1) is 30.5. The zero-order chi connectivity index (χ0) is 31.0. The quantitative estimate of drug-likeness (QED) is 0.261. The third-order valence-electron chi connectivity index (χ3n) is 10.0. The number of rotatable bonds is 6. The molecule has 3 aliphatic rings. The lowest BCUT2D eigenvalue weighted by Crippen LogP contribution is -2.81. The van der Waals surface area contributed by atoms with Gasteiger partial charge in [-0.3, -0.25) is 28.8 Å². The number of ether oxygens (including phenoxy) is 1. The molecule has 10 nitrogen and oxygen atoms in total. The topological polar surface area (TPSA) is 172 Å². The molecule has 220 valence electrons. The lowest BCUT2D eigenvalue weighted by Gasteiger charge is -2.65. The number of fused-ring (bicyclic) bond motifs is 3. The zero-order valence-electron chi connectivity index (χ0n) is 24.0. The number of phenolic OH excluding ortho intramolecular Hbond substituents is 1. The number of benzene rings is 1. The molecule has 0 spiro atoms. The summed E-state index contributed by atoms with van der Waals surface area (Å²) in [5.41, 5.74) is -6.62. The van der Waals surface area contributed by atoms with Crippen LogP contribution in [0.25, 0.3) is 0 Å². The first-order chi connectivity index (χ1) is 18.9. The van der Waals surface area contributed by atoms with Crippen molar-refractivity contribution in [1.82, 2.24) is 0 Å². The number of aromatic hydroxyl groups is 1. The summed E-state index contributed by atoms with van der Waals surface area (Å²) in [7, 11) is 0. The van der Waals surface area contributed by atoms with E-state index in [1.54, 1.807) is 20.8 Å².